The number of aryl methyl sites for hydroxylation is 1. The summed E-state index contributed by atoms with van der Waals surface area (Å²) in [6.07, 6.45) is 6.49. The maximum absolute atomic E-state index is 13.2. The van der Waals surface area contributed by atoms with Crippen molar-refractivity contribution >= 4 is 28.8 Å². The number of halogens is 3. The summed E-state index contributed by atoms with van der Waals surface area (Å²) in [5.74, 6) is -0.461. The van der Waals surface area contributed by atoms with Crippen LogP contribution in [0.1, 0.15) is 94.2 Å². The molecule has 0 saturated carbocycles. The highest BCUT2D eigenvalue weighted by Crippen LogP contribution is 2.33. The minimum absolute atomic E-state index is 0.0291. The average molecular weight is 603 g/mol. The van der Waals surface area contributed by atoms with Crippen molar-refractivity contribution in [2.45, 2.75) is 87.9 Å². The molecule has 0 aliphatic carbocycles. The first kappa shape index (κ1) is 36.6. The number of carbonyl (C=O) groups excluding carboxylic acids is 2. The van der Waals surface area contributed by atoms with Gasteiger partial charge in [-0.3, -0.25) is 9.59 Å². The van der Waals surface area contributed by atoms with E-state index in [9.17, 15) is 22.8 Å². The Labute approximate surface area is 253 Å². The zero-order chi connectivity index (χ0) is 32.0. The van der Waals surface area contributed by atoms with E-state index in [2.05, 4.69) is 38.2 Å². The van der Waals surface area contributed by atoms with E-state index in [1.165, 1.54) is 22.5 Å². The number of anilines is 1. The fraction of sp³-hybridized carbons (Fsp3) is 0.412. The molecule has 2 amide bonds. The van der Waals surface area contributed by atoms with Crippen LogP contribution in [-0.4, -0.2) is 23.3 Å². The lowest BCUT2D eigenvalue weighted by molar-refractivity contribution is -0.137. The molecule has 1 aromatic carbocycles. The molecule has 230 valence electrons. The Bertz CT molecular complexity index is 1330. The van der Waals surface area contributed by atoms with Gasteiger partial charge in [0.05, 0.1) is 17.7 Å². The van der Waals surface area contributed by atoms with Crippen LogP contribution in [0.4, 0.5) is 18.9 Å². The van der Waals surface area contributed by atoms with Crippen LogP contribution in [0.3, 0.4) is 0 Å². The van der Waals surface area contributed by atoms with Gasteiger partial charge in [-0.25, -0.2) is 0 Å². The van der Waals surface area contributed by atoms with Crippen molar-refractivity contribution in [2.75, 3.05) is 11.9 Å². The molecule has 2 aromatic rings. The number of thiophene rings is 1. The van der Waals surface area contributed by atoms with E-state index in [0.717, 1.165) is 22.6 Å². The van der Waals surface area contributed by atoms with Crippen molar-refractivity contribution < 1.29 is 22.8 Å². The summed E-state index contributed by atoms with van der Waals surface area (Å²) in [6.45, 7) is 18.7. The highest BCUT2D eigenvalue weighted by atomic mass is 32.1. The lowest BCUT2D eigenvalue weighted by atomic mass is 10.0. The Kier molecular flexibility index (Phi) is 15.3. The van der Waals surface area contributed by atoms with Crippen molar-refractivity contribution in [3.8, 4) is 0 Å². The Hall–Kier alpha value is -3.39. The van der Waals surface area contributed by atoms with E-state index < -0.39 is 17.6 Å². The van der Waals surface area contributed by atoms with Gasteiger partial charge in [0.1, 0.15) is 0 Å². The Balaban J connectivity index is 0.000000624. The molecule has 1 aliphatic heterocycles. The van der Waals surface area contributed by atoms with E-state index in [4.69, 9.17) is 0 Å². The molecule has 42 heavy (non-hydrogen) atoms. The number of carbonyl (C=O) groups is 2. The molecule has 4 nitrogen and oxygen atoms in total. The summed E-state index contributed by atoms with van der Waals surface area (Å²) < 4.78 is 39.5. The van der Waals surface area contributed by atoms with Crippen LogP contribution in [0, 0.1) is 0 Å². The van der Waals surface area contributed by atoms with Crippen molar-refractivity contribution in [1.82, 2.24) is 4.90 Å². The predicted molar refractivity (Wildman–Crippen MR) is 171 cm³/mol. The van der Waals surface area contributed by atoms with Gasteiger partial charge < -0.3 is 10.2 Å². The number of hydrogen-bond acceptors (Lipinski definition) is 3. The summed E-state index contributed by atoms with van der Waals surface area (Å²) in [7, 11) is 0. The first-order valence-electron chi connectivity index (χ1n) is 14.3. The lowest BCUT2D eigenvalue weighted by Crippen LogP contribution is -2.36. The molecule has 0 unspecified atom stereocenters. The third kappa shape index (κ3) is 10.8. The van der Waals surface area contributed by atoms with Crippen LogP contribution >= 0.6 is 11.3 Å². The van der Waals surface area contributed by atoms with Crippen LogP contribution in [-0.2, 0) is 30.4 Å². The summed E-state index contributed by atoms with van der Waals surface area (Å²) in [5.41, 5.74) is 4.56. The second kappa shape index (κ2) is 17.5. The minimum atomic E-state index is -4.48. The SMILES string of the molecule is C/C=C(\C)C(=O)N1CCc2c(C(=O)Nc3cc(CC)cc(C(F)(F)F)c3)csc2C1.C/C=C\C=C/C(C)=C(C)C.CC. The predicted octanol–water partition coefficient (Wildman–Crippen LogP) is 9.93. The monoisotopic (exact) mass is 602 g/mol. The Morgan fingerprint density at radius 1 is 1.05 bits per heavy atom. The highest BCUT2D eigenvalue weighted by molar-refractivity contribution is 7.10. The summed E-state index contributed by atoms with van der Waals surface area (Å²) >= 11 is 1.39. The van der Waals surface area contributed by atoms with Crippen LogP contribution < -0.4 is 5.32 Å². The standard InChI is InChI=1S/C22H23F3N2O2S.C10H16.C2H6/c1-4-13(3)21(29)27-7-6-17-18(12-30-19(17)11-27)20(28)26-16-9-14(5-2)8-15(10-16)22(23,24)25;1-5-6-7-8-10(4)9(2)3;1-2/h4,8-10,12H,5-7,11H2,1-3H3,(H,26,28);5-8H,1-4H3;1-2H3/b13-4+;6-5-,8-7-;. The Morgan fingerprint density at radius 3 is 2.26 bits per heavy atom. The van der Waals surface area contributed by atoms with Gasteiger partial charge in [0.2, 0.25) is 5.91 Å². The number of allylic oxidation sites excluding steroid dienone is 7. The van der Waals surface area contributed by atoms with Gasteiger partial charge in [-0.2, -0.15) is 13.2 Å². The summed E-state index contributed by atoms with van der Waals surface area (Å²) in [5, 5.41) is 4.33. The molecule has 0 radical (unpaired) electrons. The van der Waals surface area contributed by atoms with E-state index in [1.54, 1.807) is 36.3 Å². The van der Waals surface area contributed by atoms with Crippen LogP contribution in [0.2, 0.25) is 0 Å². The second-order valence-corrected chi connectivity index (χ2v) is 10.8. The van der Waals surface area contributed by atoms with Crippen LogP contribution in [0.15, 0.2) is 70.7 Å². The van der Waals surface area contributed by atoms with Gasteiger partial charge in [0.15, 0.2) is 0 Å². The summed E-state index contributed by atoms with van der Waals surface area (Å²) in [6, 6.07) is 3.61. The molecule has 0 fully saturated rings. The van der Waals surface area contributed by atoms with E-state index in [0.29, 0.717) is 42.6 Å². The van der Waals surface area contributed by atoms with Crippen molar-refractivity contribution in [1.29, 1.82) is 0 Å². The smallest absolute Gasteiger partial charge is 0.333 e. The molecule has 1 aromatic heterocycles. The minimum Gasteiger partial charge on any atom is -0.333 e. The average Bonchev–Trinajstić information content (AvgIpc) is 3.40. The number of rotatable bonds is 6. The molecule has 0 spiro atoms. The zero-order valence-electron chi connectivity index (χ0n) is 26.3. The molecular weight excluding hydrogens is 557 g/mol. The summed E-state index contributed by atoms with van der Waals surface area (Å²) in [4.78, 5) is 27.9. The molecular formula is C34H45F3N2O2S. The highest BCUT2D eigenvalue weighted by Gasteiger charge is 2.32. The molecule has 0 atom stereocenters. The zero-order valence-corrected chi connectivity index (χ0v) is 27.1. The van der Waals surface area contributed by atoms with E-state index >= 15 is 0 Å². The number of hydrogen-bond donors (Lipinski definition) is 1. The molecule has 1 N–H and O–H groups in total. The fourth-order valence-corrected chi connectivity index (χ4v) is 4.97. The van der Waals surface area contributed by atoms with E-state index in [-0.39, 0.29) is 11.6 Å². The van der Waals surface area contributed by atoms with Gasteiger partial charge in [-0.05, 0) is 83.7 Å². The van der Waals surface area contributed by atoms with E-state index in [1.807, 2.05) is 39.8 Å². The van der Waals surface area contributed by atoms with Crippen LogP contribution in [0.25, 0.3) is 0 Å². The molecule has 3 rings (SSSR count). The van der Waals surface area contributed by atoms with Crippen molar-refractivity contribution in [3.05, 3.63) is 97.8 Å². The molecule has 2 heterocycles. The quantitative estimate of drug-likeness (QED) is 0.264. The molecule has 0 saturated heterocycles. The number of alkyl halides is 3. The number of amides is 2. The molecule has 1 aliphatic rings. The third-order valence-corrected chi connectivity index (χ3v) is 7.69. The number of benzene rings is 1. The maximum atomic E-state index is 13.2. The first-order valence-corrected chi connectivity index (χ1v) is 15.2. The van der Waals surface area contributed by atoms with Crippen molar-refractivity contribution in [2.24, 2.45) is 0 Å². The third-order valence-electron chi connectivity index (χ3n) is 6.67. The molecule has 8 heteroatoms. The number of nitrogens with one attached hydrogen (secondary N) is 1. The van der Waals surface area contributed by atoms with Crippen molar-refractivity contribution in [3.63, 3.8) is 0 Å². The fourth-order valence-electron chi connectivity index (χ4n) is 3.87. The van der Waals surface area contributed by atoms with Gasteiger partial charge >= 0.3 is 6.18 Å². The largest absolute Gasteiger partial charge is 0.416 e. The van der Waals surface area contributed by atoms with Gasteiger partial charge in [0, 0.05) is 28.1 Å². The Morgan fingerprint density at radius 2 is 1.71 bits per heavy atom. The number of fused-ring (bicyclic) bond motifs is 1. The van der Waals surface area contributed by atoms with Gasteiger partial charge in [-0.15, -0.1) is 11.3 Å². The van der Waals surface area contributed by atoms with Crippen LogP contribution in [0.5, 0.6) is 0 Å². The normalized spacial score (nSPS) is 13.1. The molecule has 0 bridgehead atoms. The second-order valence-electron chi connectivity index (χ2n) is 9.79. The van der Waals surface area contributed by atoms with Gasteiger partial charge in [0.25, 0.3) is 5.91 Å². The topological polar surface area (TPSA) is 49.4 Å². The first-order chi connectivity index (χ1) is 19.8. The van der Waals surface area contributed by atoms with Gasteiger partial charge in [-0.1, -0.05) is 62.3 Å². The maximum Gasteiger partial charge on any atom is 0.416 e. The number of nitrogens with zero attached hydrogens (tertiary/aromatic N) is 1. The lowest BCUT2D eigenvalue weighted by Gasteiger charge is -2.27.